The molecule has 4 saturated heterocycles. The Morgan fingerprint density at radius 3 is 1.15 bits per heavy atom. The number of fused-ring (bicyclic) bond motifs is 2. The number of carbonyl (C=O) groups is 6. The molecule has 145 heavy (non-hydrogen) atoms. The number of hydrogen-bond donors (Lipinski definition) is 0. The minimum Gasteiger partial charge on any atom is -0.476 e. The van der Waals surface area contributed by atoms with Crippen molar-refractivity contribution in [1.29, 1.82) is 0 Å². The van der Waals surface area contributed by atoms with Crippen LogP contribution in [0.25, 0.3) is 5.69 Å². The number of aromatic nitrogens is 5. The van der Waals surface area contributed by atoms with Crippen LogP contribution in [0.2, 0.25) is 0 Å². The summed E-state index contributed by atoms with van der Waals surface area (Å²) in [5, 5.41) is 9.41. The highest BCUT2D eigenvalue weighted by Crippen LogP contribution is 2.53. The van der Waals surface area contributed by atoms with Gasteiger partial charge in [0.15, 0.2) is 50.6 Å². The maximum atomic E-state index is 13.9. The number of ketones is 2. The second-order valence-electron chi connectivity index (χ2n) is 41.8. The lowest BCUT2D eigenvalue weighted by atomic mass is 9.78. The maximum absolute atomic E-state index is 13.9. The first kappa shape index (κ1) is 109. The highest BCUT2D eigenvalue weighted by Gasteiger charge is 2.63. The fourth-order valence-electron chi connectivity index (χ4n) is 21.3. The monoisotopic (exact) mass is 2040 g/mol. The molecule has 3 aromatic heterocycles. The lowest BCUT2D eigenvalue weighted by Crippen LogP contribution is -2.50. The number of pyridine rings is 1. The van der Waals surface area contributed by atoms with Gasteiger partial charge in [0.1, 0.15) is 11.5 Å². The van der Waals surface area contributed by atoms with E-state index in [-0.39, 0.29) is 154 Å². The SMILES string of the molecule is CCS(=O)(=O)c1ccc(CCC(=O)N2CC(C(C)C)C3(C2)Oc2c(C(C)C)ccc(C)c2C3=O)cc1.CCS(=O)(=O)c1ccc(CCC(=O)N2CC(C(C)C)C3(C2)Oc2c(C(C)C)ccc(C)c2C3=O)nc1.CCS(=O)(=O)c1ccc(CCC(=O)N2CC(c3ccccc3)C(c3ccnn3-c3ccccc3)C2)cc1.CCS(=O)(=O)c1ccc(CCC(=O)N2CC(c3ccccc3)C(c3cn(C)nc3C(C)(C)C)C2)cc1. The fourth-order valence-corrected chi connectivity index (χ4v) is 24.8. The molecule has 0 bridgehead atoms. The molecule has 0 N–H and O–H groups in total. The van der Waals surface area contributed by atoms with E-state index in [0.717, 1.165) is 56.0 Å². The van der Waals surface area contributed by atoms with E-state index in [0.29, 0.717) is 121 Å². The third kappa shape index (κ3) is 23.8. The summed E-state index contributed by atoms with van der Waals surface area (Å²) in [5.41, 5.74) is 13.4. The number of Topliss-reactive ketones (excluding diaryl/α,β-unsaturated/α-hetero) is 2. The number of benzene rings is 8. The van der Waals surface area contributed by atoms with Crippen LogP contribution in [-0.4, -0.2) is 200 Å². The maximum Gasteiger partial charge on any atom is 0.223 e. The van der Waals surface area contributed by atoms with Gasteiger partial charge >= 0.3 is 0 Å². The normalized spacial score (nSPS) is 19.8. The van der Waals surface area contributed by atoms with Gasteiger partial charge in [0.2, 0.25) is 35.2 Å². The van der Waals surface area contributed by atoms with E-state index in [1.165, 1.54) is 22.9 Å². The van der Waals surface area contributed by atoms with E-state index in [2.05, 4.69) is 135 Å². The van der Waals surface area contributed by atoms with E-state index in [9.17, 15) is 62.4 Å². The van der Waals surface area contributed by atoms with E-state index in [1.54, 1.807) is 98.2 Å². The standard InChI is InChI=1S/C30H31N3O3S.C29H37N3O3S.C29H37NO5S.C28H36N2O5S/c1-2-37(35,36)26-16-13-23(14-17-26)15-18-30(34)32-21-27(24-9-5-3-6-10-24)28(22-32)29-19-20-31-33(29)25-11-7-4-8-12-25;1-6-36(34,35)23-15-12-21(13-16-23)14-17-27(33)32-19-24(22-10-8-7-9-11-22)25(20-32)26-18-31(5)30-28(26)29(2,3)4;1-7-36(33,34)22-12-9-21(10-13-22)11-15-25(31)30-16-24(19(4)5)29(17-30)28(32)26-20(6)8-14-23(18(2)3)27(26)35-29;1-7-36(33,34)21-11-9-20(29-14-21)10-13-24(31)30-15-23(18(4)5)28(16-30)27(32)25-19(6)8-12-22(17(2)3)26(25)35-28/h3-14,16-17,19-20,27-28H,2,15,18,21-22H2,1H3;7-13,15-16,18,24-25H,6,14,17,19-20H2,1-5H3;8-10,12-14,18-19,24H,7,11,15-17H2,1-6H3;8-9,11-12,14,17-18,23H,7,10,13,15-16H2,1-6H3. The molecule has 2 spiro atoms. The van der Waals surface area contributed by atoms with Crippen molar-refractivity contribution in [2.75, 3.05) is 75.4 Å². The topological polar surface area (TPSA) is 319 Å². The van der Waals surface area contributed by atoms with E-state index >= 15 is 0 Å². The molecule has 8 unspecified atom stereocenters. The Kier molecular flexibility index (Phi) is 33.8. The number of sulfone groups is 4. The first-order valence-electron chi connectivity index (χ1n) is 51.0. The molecule has 6 aliphatic rings. The van der Waals surface area contributed by atoms with E-state index in [4.69, 9.17) is 14.6 Å². The van der Waals surface area contributed by atoms with Crippen molar-refractivity contribution in [2.45, 2.75) is 241 Å². The van der Waals surface area contributed by atoms with Crippen LogP contribution in [0.1, 0.15) is 258 Å². The molecule has 0 aliphatic carbocycles. The molecule has 0 saturated carbocycles. The Bertz CT molecular complexity index is 6790. The van der Waals surface area contributed by atoms with Crippen molar-refractivity contribution in [3.05, 3.63) is 309 Å². The van der Waals surface area contributed by atoms with Crippen molar-refractivity contribution in [2.24, 2.45) is 30.7 Å². The van der Waals surface area contributed by atoms with Crippen LogP contribution in [0.5, 0.6) is 11.5 Å². The van der Waals surface area contributed by atoms with Gasteiger partial charge in [-0.15, -0.1) is 0 Å². The molecule has 17 rings (SSSR count). The smallest absolute Gasteiger partial charge is 0.223 e. The van der Waals surface area contributed by atoms with Gasteiger partial charge in [-0.25, -0.2) is 38.4 Å². The summed E-state index contributed by atoms with van der Waals surface area (Å²) >= 11 is 0. The van der Waals surface area contributed by atoms with Crippen molar-refractivity contribution in [3.63, 3.8) is 0 Å². The third-order valence-corrected chi connectivity index (χ3v) is 36.8. The molecule has 0 radical (unpaired) electrons. The van der Waals surface area contributed by atoms with Crippen LogP contribution in [-0.2, 0) is 96.7 Å². The van der Waals surface area contributed by atoms with Crippen molar-refractivity contribution in [1.82, 2.24) is 44.1 Å². The Hall–Kier alpha value is -12.1. The van der Waals surface area contributed by atoms with Gasteiger partial charge in [0.25, 0.3) is 0 Å². The summed E-state index contributed by atoms with van der Waals surface area (Å²) in [6.07, 6.45) is 8.67. The zero-order valence-electron chi connectivity index (χ0n) is 87.0. The molecule has 29 heteroatoms. The molecule has 8 atom stereocenters. The Balaban J connectivity index is 0.000000153. The molecule has 8 aromatic carbocycles. The number of rotatable bonds is 29. The molecular weight excluding hydrogens is 1900 g/mol. The van der Waals surface area contributed by atoms with Gasteiger partial charge < -0.3 is 29.1 Å². The molecule has 11 aromatic rings. The Morgan fingerprint density at radius 2 is 0.779 bits per heavy atom. The van der Waals surface area contributed by atoms with Gasteiger partial charge in [-0.2, -0.15) is 10.2 Å². The van der Waals surface area contributed by atoms with Gasteiger partial charge in [-0.1, -0.05) is 243 Å². The van der Waals surface area contributed by atoms with Crippen LogP contribution < -0.4 is 9.47 Å². The first-order chi connectivity index (χ1) is 68.8. The molecule has 9 heterocycles. The first-order valence-corrected chi connectivity index (χ1v) is 57.6. The summed E-state index contributed by atoms with van der Waals surface area (Å²) in [6, 6.07) is 64.9. The Labute approximate surface area is 857 Å². The number of carbonyl (C=O) groups excluding carboxylic acids is 6. The fraction of sp³-hybridized carbons (Fsp3) is 0.440. The summed E-state index contributed by atoms with van der Waals surface area (Å²) in [6.45, 7) is 37.7. The highest BCUT2D eigenvalue weighted by molar-refractivity contribution is 7.92. The van der Waals surface area contributed by atoms with Crippen LogP contribution in [0.15, 0.2) is 244 Å². The zero-order chi connectivity index (χ0) is 105. The number of likely N-dealkylation sites (tertiary alicyclic amines) is 4. The molecule has 4 amide bonds. The quantitative estimate of drug-likeness (QED) is 0.0420. The third-order valence-electron chi connectivity index (χ3n) is 29.8. The number of para-hydroxylation sites is 1. The van der Waals surface area contributed by atoms with E-state index in [1.807, 2.05) is 149 Å². The van der Waals surface area contributed by atoms with Crippen LogP contribution in [0, 0.1) is 37.5 Å². The van der Waals surface area contributed by atoms with Crippen molar-refractivity contribution >= 4 is 74.5 Å². The number of hydrogen-bond acceptors (Lipinski definition) is 19. The molecule has 4 fully saturated rings. The van der Waals surface area contributed by atoms with Crippen molar-refractivity contribution in [3.8, 4) is 17.2 Å². The van der Waals surface area contributed by atoms with Crippen molar-refractivity contribution < 1.29 is 71.9 Å². The summed E-state index contributed by atoms with van der Waals surface area (Å²) in [4.78, 5) is 93.9. The second kappa shape index (κ2) is 45.1. The van der Waals surface area contributed by atoms with Gasteiger partial charge in [-0.3, -0.25) is 38.4 Å². The number of aryl methyl sites for hydroxylation is 7. The minimum absolute atomic E-state index is 0.000720. The average molecular weight is 2050 g/mol. The van der Waals surface area contributed by atoms with E-state index < -0.39 is 50.6 Å². The number of nitrogens with zero attached hydrogens (tertiary/aromatic N) is 9. The predicted octanol–water partition coefficient (Wildman–Crippen LogP) is 19.2. The highest BCUT2D eigenvalue weighted by atomic mass is 32.2. The molecule has 25 nitrogen and oxygen atoms in total. The largest absolute Gasteiger partial charge is 0.476 e. The molecule has 770 valence electrons. The predicted molar refractivity (Wildman–Crippen MR) is 566 cm³/mol. The lowest BCUT2D eigenvalue weighted by Gasteiger charge is -2.30. The van der Waals surface area contributed by atoms with Crippen LogP contribution in [0.4, 0.5) is 0 Å². The number of amides is 4. The minimum atomic E-state index is -3.31. The zero-order valence-corrected chi connectivity index (χ0v) is 90.2. The van der Waals surface area contributed by atoms with Crippen LogP contribution in [0.3, 0.4) is 0 Å². The number of ether oxygens (including phenoxy) is 2. The van der Waals surface area contributed by atoms with Gasteiger partial charge in [-0.05, 0) is 186 Å². The Morgan fingerprint density at radius 1 is 0.421 bits per heavy atom. The summed E-state index contributed by atoms with van der Waals surface area (Å²) < 4.78 is 113. The van der Waals surface area contributed by atoms with Gasteiger partial charge in [0.05, 0.1) is 78.2 Å². The van der Waals surface area contributed by atoms with Crippen LogP contribution >= 0.6 is 0 Å². The molecular formula is C116H141N9O16S4. The second-order valence-corrected chi connectivity index (χ2v) is 50.9. The summed E-state index contributed by atoms with van der Waals surface area (Å²) in [5.74, 6) is 2.97. The van der Waals surface area contributed by atoms with Gasteiger partial charge in [0, 0.05) is 143 Å². The summed E-state index contributed by atoms with van der Waals surface area (Å²) in [7, 11) is -11.0. The molecule has 6 aliphatic heterocycles. The average Bonchev–Trinajstić information content (AvgIpc) is 1.56. The lowest BCUT2D eigenvalue weighted by molar-refractivity contribution is -0.131.